The molecule has 2 atom stereocenters. The summed E-state index contributed by atoms with van der Waals surface area (Å²) in [7, 11) is 1.87. The molecular formula is C18H23N5O2. The number of nitrogens with one attached hydrogen (secondary N) is 1. The predicted molar refractivity (Wildman–Crippen MR) is 92.5 cm³/mol. The molecule has 0 aliphatic carbocycles. The van der Waals surface area contributed by atoms with Crippen LogP contribution in [0.5, 0.6) is 0 Å². The first-order valence-electron chi connectivity index (χ1n) is 8.68. The van der Waals surface area contributed by atoms with Crippen LogP contribution in [0.2, 0.25) is 0 Å². The van der Waals surface area contributed by atoms with E-state index >= 15 is 0 Å². The topological polar surface area (TPSA) is 83.1 Å². The monoisotopic (exact) mass is 341 g/mol. The predicted octanol–water partition coefficient (Wildman–Crippen LogP) is 2.49. The van der Waals surface area contributed by atoms with E-state index in [4.69, 9.17) is 4.42 Å². The molecule has 0 aromatic carbocycles. The lowest BCUT2D eigenvalue weighted by Crippen LogP contribution is -2.30. The molecule has 1 aliphatic rings. The number of hydrogen-bond donors (Lipinski definition) is 2. The molecule has 0 bridgehead atoms. The smallest absolute Gasteiger partial charge is 0.152 e. The van der Waals surface area contributed by atoms with Crippen molar-refractivity contribution in [1.82, 2.24) is 24.9 Å². The number of aryl methyl sites for hydroxylation is 1. The third-order valence-electron chi connectivity index (χ3n) is 4.89. The van der Waals surface area contributed by atoms with Gasteiger partial charge in [-0.15, -0.1) is 0 Å². The second kappa shape index (κ2) is 6.85. The highest BCUT2D eigenvalue weighted by Gasteiger charge is 2.28. The van der Waals surface area contributed by atoms with Crippen molar-refractivity contribution in [3.05, 3.63) is 48.1 Å². The number of hydrogen-bond acceptors (Lipinski definition) is 5. The molecule has 7 heteroatoms. The van der Waals surface area contributed by atoms with E-state index in [9.17, 15) is 5.11 Å². The van der Waals surface area contributed by atoms with E-state index < -0.39 is 6.10 Å². The Morgan fingerprint density at radius 2 is 2.32 bits per heavy atom. The van der Waals surface area contributed by atoms with Gasteiger partial charge in [0.2, 0.25) is 0 Å². The fourth-order valence-corrected chi connectivity index (χ4v) is 3.58. The first-order chi connectivity index (χ1) is 12.2. The molecule has 0 unspecified atom stereocenters. The van der Waals surface area contributed by atoms with Gasteiger partial charge in [0, 0.05) is 31.0 Å². The zero-order valence-electron chi connectivity index (χ0n) is 14.3. The van der Waals surface area contributed by atoms with Gasteiger partial charge >= 0.3 is 0 Å². The zero-order chi connectivity index (χ0) is 17.2. The number of rotatable bonds is 6. The molecule has 132 valence electrons. The largest absolute Gasteiger partial charge is 0.458 e. The number of H-pyrrole nitrogens is 1. The number of aliphatic hydroxyl groups excluding tert-OH is 1. The number of likely N-dealkylation sites (tertiary alicyclic amines) is 1. The number of aromatic amines is 1. The van der Waals surface area contributed by atoms with Crippen molar-refractivity contribution in [2.24, 2.45) is 7.05 Å². The van der Waals surface area contributed by atoms with Crippen molar-refractivity contribution in [2.75, 3.05) is 6.54 Å². The molecule has 7 nitrogen and oxygen atoms in total. The first kappa shape index (κ1) is 16.1. The molecule has 3 aromatic heterocycles. The molecule has 4 heterocycles. The molecular weight excluding hydrogens is 318 g/mol. The minimum atomic E-state index is -0.476. The maximum atomic E-state index is 10.5. The summed E-state index contributed by atoms with van der Waals surface area (Å²) in [5, 5.41) is 21.5. The summed E-state index contributed by atoms with van der Waals surface area (Å²) in [4.78, 5) is 2.40. The van der Waals surface area contributed by atoms with Crippen LogP contribution in [0.1, 0.15) is 36.7 Å². The standard InChI is InChI=1S/C18H23N5O2/c1-22-11-13(10-20-22)17(24)9-14-3-2-8-23(14)12-15-4-5-18(25-15)16-6-7-19-21-16/h4-7,10-11,14,17,24H,2-3,8-9,12H2,1H3,(H,19,21)/t14-,17+/m0/s1. The summed E-state index contributed by atoms with van der Waals surface area (Å²) in [5.74, 6) is 1.74. The molecule has 25 heavy (non-hydrogen) atoms. The van der Waals surface area contributed by atoms with Gasteiger partial charge in [-0.2, -0.15) is 10.2 Å². The highest BCUT2D eigenvalue weighted by molar-refractivity contribution is 5.51. The minimum Gasteiger partial charge on any atom is -0.458 e. The Hall–Kier alpha value is -2.38. The summed E-state index contributed by atoms with van der Waals surface area (Å²) in [5.41, 5.74) is 1.77. The van der Waals surface area contributed by atoms with Gasteiger partial charge in [0.05, 0.1) is 18.8 Å². The van der Waals surface area contributed by atoms with Crippen LogP contribution < -0.4 is 0 Å². The number of nitrogens with zero attached hydrogens (tertiary/aromatic N) is 4. The summed E-state index contributed by atoms with van der Waals surface area (Å²) in [6.07, 6.45) is 7.84. The van der Waals surface area contributed by atoms with Crippen molar-refractivity contribution in [3.8, 4) is 11.5 Å². The molecule has 0 amide bonds. The quantitative estimate of drug-likeness (QED) is 0.720. The van der Waals surface area contributed by atoms with E-state index in [-0.39, 0.29) is 0 Å². The van der Waals surface area contributed by atoms with Crippen LogP contribution in [0.4, 0.5) is 0 Å². The van der Waals surface area contributed by atoms with Crippen LogP contribution >= 0.6 is 0 Å². The van der Waals surface area contributed by atoms with Crippen LogP contribution in [0.25, 0.3) is 11.5 Å². The maximum Gasteiger partial charge on any atom is 0.152 e. The van der Waals surface area contributed by atoms with E-state index in [1.807, 2.05) is 31.4 Å². The van der Waals surface area contributed by atoms with Crippen molar-refractivity contribution in [3.63, 3.8) is 0 Å². The summed E-state index contributed by atoms with van der Waals surface area (Å²) >= 11 is 0. The Balaban J connectivity index is 1.40. The van der Waals surface area contributed by atoms with Crippen molar-refractivity contribution in [2.45, 2.75) is 38.0 Å². The van der Waals surface area contributed by atoms with E-state index in [2.05, 4.69) is 20.2 Å². The maximum absolute atomic E-state index is 10.5. The average molecular weight is 341 g/mol. The minimum absolute atomic E-state index is 0.357. The van der Waals surface area contributed by atoms with Crippen LogP contribution in [0.3, 0.4) is 0 Å². The second-order valence-corrected chi connectivity index (χ2v) is 6.70. The van der Waals surface area contributed by atoms with E-state index in [0.29, 0.717) is 6.04 Å². The van der Waals surface area contributed by atoms with Crippen molar-refractivity contribution >= 4 is 0 Å². The Morgan fingerprint density at radius 3 is 3.08 bits per heavy atom. The Kier molecular flexibility index (Phi) is 4.42. The highest BCUT2D eigenvalue weighted by Crippen LogP contribution is 2.29. The van der Waals surface area contributed by atoms with Gasteiger partial charge in [0.25, 0.3) is 0 Å². The van der Waals surface area contributed by atoms with Gasteiger partial charge in [-0.25, -0.2) is 0 Å². The lowest BCUT2D eigenvalue weighted by atomic mass is 10.0. The van der Waals surface area contributed by atoms with Gasteiger partial charge in [0.1, 0.15) is 11.5 Å². The third-order valence-corrected chi connectivity index (χ3v) is 4.89. The fourth-order valence-electron chi connectivity index (χ4n) is 3.58. The highest BCUT2D eigenvalue weighted by atomic mass is 16.3. The van der Waals surface area contributed by atoms with Gasteiger partial charge in [-0.05, 0) is 44.0 Å². The molecule has 0 spiro atoms. The number of furan rings is 1. The van der Waals surface area contributed by atoms with Crippen LogP contribution in [0.15, 0.2) is 41.2 Å². The summed E-state index contributed by atoms with van der Waals surface area (Å²) in [6, 6.07) is 6.24. The molecule has 1 saturated heterocycles. The van der Waals surface area contributed by atoms with Crippen molar-refractivity contribution in [1.29, 1.82) is 0 Å². The Morgan fingerprint density at radius 1 is 1.40 bits per heavy atom. The zero-order valence-corrected chi connectivity index (χ0v) is 14.3. The second-order valence-electron chi connectivity index (χ2n) is 6.70. The van der Waals surface area contributed by atoms with E-state index in [1.54, 1.807) is 17.1 Å². The lowest BCUT2D eigenvalue weighted by Gasteiger charge is -2.25. The number of aliphatic hydroxyl groups is 1. The summed E-state index contributed by atoms with van der Waals surface area (Å²) in [6.45, 7) is 1.79. The molecule has 1 aliphatic heterocycles. The first-order valence-corrected chi connectivity index (χ1v) is 8.68. The van der Waals surface area contributed by atoms with Gasteiger partial charge in [0.15, 0.2) is 5.76 Å². The van der Waals surface area contributed by atoms with E-state index in [0.717, 1.165) is 55.1 Å². The van der Waals surface area contributed by atoms with Crippen molar-refractivity contribution < 1.29 is 9.52 Å². The van der Waals surface area contributed by atoms with E-state index in [1.165, 1.54) is 0 Å². The van der Waals surface area contributed by atoms with Gasteiger partial charge in [-0.3, -0.25) is 14.7 Å². The lowest BCUT2D eigenvalue weighted by molar-refractivity contribution is 0.114. The molecule has 2 N–H and O–H groups in total. The normalized spacial score (nSPS) is 19.5. The molecule has 0 radical (unpaired) electrons. The molecule has 0 saturated carbocycles. The van der Waals surface area contributed by atoms with Gasteiger partial charge in [-0.1, -0.05) is 0 Å². The average Bonchev–Trinajstić information content (AvgIpc) is 3.35. The molecule has 4 rings (SSSR count). The molecule has 3 aromatic rings. The fraction of sp³-hybridized carbons (Fsp3) is 0.444. The summed E-state index contributed by atoms with van der Waals surface area (Å²) < 4.78 is 7.67. The SMILES string of the molecule is Cn1cc([C@H](O)C[C@@H]2CCCN2Cc2ccc(-c3ccn[nH]3)o2)cn1. The number of aromatic nitrogens is 4. The van der Waals surface area contributed by atoms with Crippen LogP contribution in [-0.4, -0.2) is 42.6 Å². The Bertz CT molecular complexity index is 807. The van der Waals surface area contributed by atoms with Crippen LogP contribution in [0, 0.1) is 0 Å². The van der Waals surface area contributed by atoms with Crippen LogP contribution in [-0.2, 0) is 13.6 Å². The molecule has 1 fully saturated rings. The van der Waals surface area contributed by atoms with Gasteiger partial charge < -0.3 is 9.52 Å². The third kappa shape index (κ3) is 3.52. The Labute approximate surface area is 146 Å².